The van der Waals surface area contributed by atoms with Gasteiger partial charge in [-0.05, 0) is 36.4 Å². The highest BCUT2D eigenvalue weighted by molar-refractivity contribution is 6.23. The van der Waals surface area contributed by atoms with Gasteiger partial charge in [0.25, 0.3) is 5.91 Å². The van der Waals surface area contributed by atoms with Gasteiger partial charge < -0.3 is 10.2 Å². The quantitative estimate of drug-likeness (QED) is 0.882. The van der Waals surface area contributed by atoms with Crippen molar-refractivity contribution in [2.45, 2.75) is 12.5 Å². The third-order valence-electron chi connectivity index (χ3n) is 3.89. The molecule has 0 aromatic heterocycles. The summed E-state index contributed by atoms with van der Waals surface area (Å²) in [6, 6.07) is 16.3. The summed E-state index contributed by atoms with van der Waals surface area (Å²) in [5.41, 5.74) is 2.53. The Bertz CT molecular complexity index is 711. The largest absolute Gasteiger partial charge is 0.378 e. The number of anilines is 3. The first kappa shape index (κ1) is 15.1. The van der Waals surface area contributed by atoms with E-state index in [-0.39, 0.29) is 18.2 Å². The predicted molar refractivity (Wildman–Crippen MR) is 91.7 cm³/mol. The number of hydrogen-bond donors (Lipinski definition) is 1. The lowest BCUT2D eigenvalue weighted by molar-refractivity contribution is -0.121. The maximum atomic E-state index is 12.5. The first-order valence-corrected chi connectivity index (χ1v) is 7.52. The van der Waals surface area contributed by atoms with Gasteiger partial charge in [-0.2, -0.15) is 0 Å². The Labute approximate surface area is 135 Å². The van der Waals surface area contributed by atoms with Crippen LogP contribution in [-0.4, -0.2) is 32.0 Å². The van der Waals surface area contributed by atoms with Crippen LogP contribution in [0.1, 0.15) is 6.42 Å². The second-order valence-electron chi connectivity index (χ2n) is 5.75. The first-order chi connectivity index (χ1) is 11.1. The Morgan fingerprint density at radius 2 is 1.65 bits per heavy atom. The number of nitrogens with zero attached hydrogens (tertiary/aromatic N) is 2. The Hall–Kier alpha value is -2.82. The van der Waals surface area contributed by atoms with Gasteiger partial charge in [0.15, 0.2) is 0 Å². The second kappa shape index (κ2) is 6.12. The molecule has 3 rings (SSSR count). The fourth-order valence-electron chi connectivity index (χ4n) is 2.65. The van der Waals surface area contributed by atoms with Gasteiger partial charge >= 0.3 is 0 Å². The van der Waals surface area contributed by atoms with E-state index in [1.165, 1.54) is 4.90 Å². The molecule has 1 heterocycles. The van der Waals surface area contributed by atoms with Crippen LogP contribution in [0.15, 0.2) is 54.6 Å². The average molecular weight is 309 g/mol. The summed E-state index contributed by atoms with van der Waals surface area (Å²) in [4.78, 5) is 28.0. The van der Waals surface area contributed by atoms with Crippen LogP contribution in [0.2, 0.25) is 0 Å². The fourth-order valence-corrected chi connectivity index (χ4v) is 2.65. The van der Waals surface area contributed by atoms with Gasteiger partial charge in [0.1, 0.15) is 6.04 Å². The Kier molecular flexibility index (Phi) is 4.02. The Balaban J connectivity index is 1.75. The molecule has 118 valence electrons. The van der Waals surface area contributed by atoms with Crippen LogP contribution in [0.3, 0.4) is 0 Å². The summed E-state index contributed by atoms with van der Waals surface area (Å²) in [7, 11) is 3.94. The van der Waals surface area contributed by atoms with Crippen molar-refractivity contribution in [2.75, 3.05) is 29.2 Å². The number of benzene rings is 2. The minimum Gasteiger partial charge on any atom is -0.378 e. The van der Waals surface area contributed by atoms with E-state index in [4.69, 9.17) is 0 Å². The van der Waals surface area contributed by atoms with Crippen molar-refractivity contribution in [3.8, 4) is 0 Å². The zero-order chi connectivity index (χ0) is 16.4. The van der Waals surface area contributed by atoms with Gasteiger partial charge in [-0.1, -0.05) is 18.2 Å². The van der Waals surface area contributed by atoms with Gasteiger partial charge in [0, 0.05) is 25.5 Å². The molecule has 1 aliphatic rings. The van der Waals surface area contributed by atoms with Crippen molar-refractivity contribution in [3.05, 3.63) is 54.6 Å². The van der Waals surface area contributed by atoms with Crippen LogP contribution in [-0.2, 0) is 9.59 Å². The summed E-state index contributed by atoms with van der Waals surface area (Å²) in [5.74, 6) is -0.388. The van der Waals surface area contributed by atoms with E-state index >= 15 is 0 Å². The number of para-hydroxylation sites is 1. The van der Waals surface area contributed by atoms with E-state index in [9.17, 15) is 9.59 Å². The average Bonchev–Trinajstić information content (AvgIpc) is 2.82. The van der Waals surface area contributed by atoms with Crippen LogP contribution in [0, 0.1) is 0 Å². The smallest absolute Gasteiger partial charge is 0.256 e. The molecule has 0 bridgehead atoms. The van der Waals surface area contributed by atoms with E-state index in [1.807, 2.05) is 61.5 Å². The molecular weight excluding hydrogens is 290 g/mol. The first-order valence-electron chi connectivity index (χ1n) is 7.52. The van der Waals surface area contributed by atoms with Gasteiger partial charge in [-0.15, -0.1) is 0 Å². The maximum Gasteiger partial charge on any atom is 0.256 e. The number of imide groups is 1. The van der Waals surface area contributed by atoms with Crippen molar-refractivity contribution in [1.82, 2.24) is 0 Å². The molecule has 0 aliphatic carbocycles. The topological polar surface area (TPSA) is 52.7 Å². The molecule has 2 aromatic carbocycles. The normalized spacial score (nSPS) is 17.5. The van der Waals surface area contributed by atoms with Gasteiger partial charge in [0.2, 0.25) is 5.91 Å². The summed E-state index contributed by atoms with van der Waals surface area (Å²) < 4.78 is 0. The van der Waals surface area contributed by atoms with E-state index in [0.29, 0.717) is 5.69 Å². The van der Waals surface area contributed by atoms with Crippen LogP contribution in [0.25, 0.3) is 0 Å². The highest BCUT2D eigenvalue weighted by atomic mass is 16.2. The van der Waals surface area contributed by atoms with Crippen molar-refractivity contribution in [2.24, 2.45) is 0 Å². The Morgan fingerprint density at radius 1 is 1.00 bits per heavy atom. The van der Waals surface area contributed by atoms with Crippen molar-refractivity contribution in [1.29, 1.82) is 0 Å². The fraction of sp³-hybridized carbons (Fsp3) is 0.222. The minimum atomic E-state index is -0.520. The second-order valence-corrected chi connectivity index (χ2v) is 5.75. The predicted octanol–water partition coefficient (Wildman–Crippen LogP) is 2.50. The van der Waals surface area contributed by atoms with Crippen LogP contribution in [0.4, 0.5) is 17.1 Å². The standard InChI is InChI=1S/C18H19N3O2/c1-20(2)14-10-8-13(9-11-14)19-16-12-17(22)21(18(16)23)15-6-4-3-5-7-15/h3-11,16,19H,12H2,1-2H3/t16-/m0/s1. The SMILES string of the molecule is CN(C)c1ccc(N[C@H]2CC(=O)N(c3ccccc3)C2=O)cc1. The van der Waals surface area contributed by atoms with E-state index in [0.717, 1.165) is 11.4 Å². The zero-order valence-electron chi connectivity index (χ0n) is 13.2. The van der Waals surface area contributed by atoms with Crippen LogP contribution in [0.5, 0.6) is 0 Å². The number of nitrogens with one attached hydrogen (secondary N) is 1. The molecular formula is C18H19N3O2. The molecule has 2 amide bonds. The van der Waals surface area contributed by atoms with E-state index in [2.05, 4.69) is 5.32 Å². The molecule has 5 heteroatoms. The summed E-state index contributed by atoms with van der Waals surface area (Å²) >= 11 is 0. The minimum absolute atomic E-state index is 0.170. The highest BCUT2D eigenvalue weighted by Gasteiger charge is 2.39. The van der Waals surface area contributed by atoms with Gasteiger partial charge in [0.05, 0.1) is 12.1 Å². The summed E-state index contributed by atoms with van der Waals surface area (Å²) in [6.45, 7) is 0. The van der Waals surface area contributed by atoms with Gasteiger partial charge in [-0.3, -0.25) is 9.59 Å². The molecule has 0 saturated carbocycles. The van der Waals surface area contributed by atoms with Crippen LogP contribution < -0.4 is 15.1 Å². The third kappa shape index (κ3) is 3.04. The van der Waals surface area contributed by atoms with Crippen LogP contribution >= 0.6 is 0 Å². The number of hydrogen-bond acceptors (Lipinski definition) is 4. The monoisotopic (exact) mass is 309 g/mol. The number of amides is 2. The molecule has 0 unspecified atom stereocenters. The number of carbonyl (C=O) groups excluding carboxylic acids is 2. The molecule has 1 N–H and O–H groups in total. The number of carbonyl (C=O) groups is 2. The van der Waals surface area contributed by atoms with Crippen molar-refractivity contribution >= 4 is 28.9 Å². The lowest BCUT2D eigenvalue weighted by atomic mass is 10.2. The lowest BCUT2D eigenvalue weighted by Crippen LogP contribution is -2.34. The van der Waals surface area contributed by atoms with Crippen molar-refractivity contribution in [3.63, 3.8) is 0 Å². The Morgan fingerprint density at radius 3 is 2.26 bits per heavy atom. The molecule has 1 atom stereocenters. The lowest BCUT2D eigenvalue weighted by Gasteiger charge is -2.17. The third-order valence-corrected chi connectivity index (χ3v) is 3.89. The highest BCUT2D eigenvalue weighted by Crippen LogP contribution is 2.25. The molecule has 1 aliphatic heterocycles. The number of rotatable bonds is 4. The maximum absolute atomic E-state index is 12.5. The van der Waals surface area contributed by atoms with E-state index in [1.54, 1.807) is 12.1 Å². The molecule has 1 saturated heterocycles. The van der Waals surface area contributed by atoms with E-state index < -0.39 is 6.04 Å². The van der Waals surface area contributed by atoms with Gasteiger partial charge in [-0.25, -0.2) is 4.90 Å². The summed E-state index contributed by atoms with van der Waals surface area (Å²) in [6.07, 6.45) is 0.170. The molecule has 5 nitrogen and oxygen atoms in total. The van der Waals surface area contributed by atoms with Crippen molar-refractivity contribution < 1.29 is 9.59 Å². The molecule has 0 radical (unpaired) electrons. The zero-order valence-corrected chi connectivity index (χ0v) is 13.2. The molecule has 2 aromatic rings. The molecule has 0 spiro atoms. The molecule has 1 fully saturated rings. The summed E-state index contributed by atoms with van der Waals surface area (Å²) in [5, 5.41) is 3.16. The molecule has 23 heavy (non-hydrogen) atoms.